The van der Waals surface area contributed by atoms with Gasteiger partial charge in [-0.1, -0.05) is 0 Å². The zero-order valence-corrected chi connectivity index (χ0v) is 10.9. The van der Waals surface area contributed by atoms with Crippen LogP contribution in [0.15, 0.2) is 5.51 Å². The summed E-state index contributed by atoms with van der Waals surface area (Å²) in [7, 11) is 0. The van der Waals surface area contributed by atoms with Crippen LogP contribution in [0, 0.1) is 24.7 Å². The lowest BCUT2D eigenvalue weighted by Gasteiger charge is -2.27. The van der Waals surface area contributed by atoms with E-state index in [1.54, 1.807) is 11.3 Å². The lowest BCUT2D eigenvalue weighted by atomic mass is 9.87. The van der Waals surface area contributed by atoms with Gasteiger partial charge < -0.3 is 10.1 Å². The molecule has 0 amide bonds. The highest BCUT2D eigenvalue weighted by Gasteiger charge is 2.56. The standard InChI is InChI=1S/C13H18N2OS/c1-7-11(17-6-15-7)4-14-12-8-2-9-5-16-13(12)10(9)3-8/h6,8-10,12-14H,2-5H2,1H3/t8-,9-,10+,12?,13+/m1/s1. The van der Waals surface area contributed by atoms with E-state index in [-0.39, 0.29) is 0 Å². The summed E-state index contributed by atoms with van der Waals surface area (Å²) in [6, 6.07) is 0.597. The molecule has 3 aliphatic rings. The van der Waals surface area contributed by atoms with Crippen LogP contribution in [0.2, 0.25) is 0 Å². The van der Waals surface area contributed by atoms with Crippen molar-refractivity contribution in [2.45, 2.75) is 38.5 Å². The molecule has 92 valence electrons. The van der Waals surface area contributed by atoms with Gasteiger partial charge in [0.05, 0.1) is 23.9 Å². The van der Waals surface area contributed by atoms with Gasteiger partial charge in [0, 0.05) is 17.5 Å². The number of aromatic nitrogens is 1. The fourth-order valence-electron chi connectivity index (χ4n) is 4.07. The van der Waals surface area contributed by atoms with Gasteiger partial charge in [-0.15, -0.1) is 11.3 Å². The molecule has 1 aromatic heterocycles. The Morgan fingerprint density at radius 3 is 3.24 bits per heavy atom. The molecule has 2 heterocycles. The van der Waals surface area contributed by atoms with Gasteiger partial charge in [-0.2, -0.15) is 0 Å². The molecule has 4 heteroatoms. The van der Waals surface area contributed by atoms with Crippen LogP contribution in [-0.2, 0) is 11.3 Å². The number of thiazole rings is 1. The number of rotatable bonds is 3. The molecule has 3 fully saturated rings. The van der Waals surface area contributed by atoms with Crippen LogP contribution >= 0.6 is 11.3 Å². The normalized spacial score (nSPS) is 42.5. The average Bonchev–Trinajstić information content (AvgIpc) is 2.99. The van der Waals surface area contributed by atoms with Gasteiger partial charge in [0.2, 0.25) is 0 Å². The molecule has 0 spiro atoms. The first-order valence-electron chi connectivity index (χ1n) is 6.57. The van der Waals surface area contributed by atoms with Gasteiger partial charge in [-0.3, -0.25) is 0 Å². The summed E-state index contributed by atoms with van der Waals surface area (Å²) in [5.74, 6) is 2.61. The van der Waals surface area contributed by atoms with Crippen molar-refractivity contribution in [1.82, 2.24) is 10.3 Å². The molecular weight excluding hydrogens is 232 g/mol. The van der Waals surface area contributed by atoms with Crippen molar-refractivity contribution in [3.8, 4) is 0 Å². The summed E-state index contributed by atoms with van der Waals surface area (Å²) in [5.41, 5.74) is 3.12. The molecule has 5 atom stereocenters. The molecule has 1 saturated heterocycles. The second kappa shape index (κ2) is 3.77. The minimum Gasteiger partial charge on any atom is -0.376 e. The van der Waals surface area contributed by atoms with E-state index < -0.39 is 0 Å². The first kappa shape index (κ1) is 10.5. The first-order valence-corrected chi connectivity index (χ1v) is 7.45. The Bertz CT molecular complexity index is 431. The molecule has 1 aliphatic heterocycles. The summed E-state index contributed by atoms with van der Waals surface area (Å²) in [5, 5.41) is 3.73. The number of hydrogen-bond donors (Lipinski definition) is 1. The molecule has 4 rings (SSSR count). The largest absolute Gasteiger partial charge is 0.376 e. The highest BCUT2D eigenvalue weighted by molar-refractivity contribution is 7.09. The van der Waals surface area contributed by atoms with Gasteiger partial charge in [0.25, 0.3) is 0 Å². The third-order valence-electron chi connectivity index (χ3n) is 4.92. The van der Waals surface area contributed by atoms with E-state index in [2.05, 4.69) is 17.2 Å². The summed E-state index contributed by atoms with van der Waals surface area (Å²) >= 11 is 1.76. The predicted molar refractivity (Wildman–Crippen MR) is 66.9 cm³/mol. The lowest BCUT2D eigenvalue weighted by molar-refractivity contribution is 0.0756. The van der Waals surface area contributed by atoms with Crippen LogP contribution in [0.4, 0.5) is 0 Å². The molecule has 1 unspecified atom stereocenters. The molecule has 1 N–H and O–H groups in total. The van der Waals surface area contributed by atoms with Gasteiger partial charge in [-0.05, 0) is 37.5 Å². The topological polar surface area (TPSA) is 34.2 Å². The number of hydrogen-bond acceptors (Lipinski definition) is 4. The van der Waals surface area contributed by atoms with Crippen molar-refractivity contribution in [2.75, 3.05) is 6.61 Å². The maximum Gasteiger partial charge on any atom is 0.0798 e. The van der Waals surface area contributed by atoms with Crippen LogP contribution in [0.1, 0.15) is 23.4 Å². The lowest BCUT2D eigenvalue weighted by Crippen LogP contribution is -2.43. The molecule has 1 aromatic rings. The van der Waals surface area contributed by atoms with E-state index in [0.29, 0.717) is 12.1 Å². The third-order valence-corrected chi connectivity index (χ3v) is 5.85. The van der Waals surface area contributed by atoms with Crippen LogP contribution in [0.25, 0.3) is 0 Å². The maximum absolute atomic E-state index is 5.97. The van der Waals surface area contributed by atoms with Gasteiger partial charge >= 0.3 is 0 Å². The number of aryl methyl sites for hydroxylation is 1. The number of nitrogens with one attached hydrogen (secondary N) is 1. The smallest absolute Gasteiger partial charge is 0.0798 e. The highest BCUT2D eigenvalue weighted by Crippen LogP contribution is 2.53. The van der Waals surface area contributed by atoms with E-state index >= 15 is 0 Å². The quantitative estimate of drug-likeness (QED) is 0.890. The summed E-state index contributed by atoms with van der Waals surface area (Å²) in [6.07, 6.45) is 3.29. The van der Waals surface area contributed by atoms with E-state index in [0.717, 1.165) is 30.9 Å². The molecule has 2 saturated carbocycles. The van der Waals surface area contributed by atoms with Crippen LogP contribution in [-0.4, -0.2) is 23.7 Å². The van der Waals surface area contributed by atoms with E-state index in [1.165, 1.54) is 23.4 Å². The Kier molecular flexibility index (Phi) is 2.32. The SMILES string of the molecule is Cc1ncsc1CNC1[C@@H]2C[C@@H]3CO[C@H]1[C@H]3C2. The Morgan fingerprint density at radius 1 is 1.47 bits per heavy atom. The summed E-state index contributed by atoms with van der Waals surface area (Å²) < 4.78 is 5.97. The van der Waals surface area contributed by atoms with Crippen molar-refractivity contribution in [3.63, 3.8) is 0 Å². The van der Waals surface area contributed by atoms with Crippen molar-refractivity contribution in [1.29, 1.82) is 0 Å². The first-order chi connectivity index (χ1) is 8.33. The summed E-state index contributed by atoms with van der Waals surface area (Å²) in [6.45, 7) is 4.08. The van der Waals surface area contributed by atoms with Gasteiger partial charge in [0.1, 0.15) is 0 Å². The fraction of sp³-hybridized carbons (Fsp3) is 0.769. The van der Waals surface area contributed by atoms with Crippen molar-refractivity contribution < 1.29 is 4.74 Å². The monoisotopic (exact) mass is 250 g/mol. The fourth-order valence-corrected chi connectivity index (χ4v) is 4.80. The average molecular weight is 250 g/mol. The number of fused-ring (bicyclic) bond motifs is 1. The van der Waals surface area contributed by atoms with E-state index in [1.807, 2.05) is 5.51 Å². The van der Waals surface area contributed by atoms with Gasteiger partial charge in [-0.25, -0.2) is 4.98 Å². The van der Waals surface area contributed by atoms with Crippen LogP contribution in [0.3, 0.4) is 0 Å². The Morgan fingerprint density at radius 2 is 2.41 bits per heavy atom. The zero-order chi connectivity index (χ0) is 11.4. The Labute approximate surface area is 106 Å². The Balaban J connectivity index is 1.46. The second-order valence-corrected chi connectivity index (χ2v) is 6.66. The van der Waals surface area contributed by atoms with Crippen LogP contribution in [0.5, 0.6) is 0 Å². The number of nitrogens with zero attached hydrogens (tertiary/aromatic N) is 1. The van der Waals surface area contributed by atoms with Crippen molar-refractivity contribution in [2.24, 2.45) is 17.8 Å². The molecule has 0 aromatic carbocycles. The third kappa shape index (κ3) is 1.51. The van der Waals surface area contributed by atoms with E-state index in [4.69, 9.17) is 4.74 Å². The molecule has 3 nitrogen and oxygen atoms in total. The van der Waals surface area contributed by atoms with Gasteiger partial charge in [0.15, 0.2) is 0 Å². The number of ether oxygens (including phenoxy) is 1. The molecule has 2 aliphatic carbocycles. The molecule has 2 bridgehead atoms. The Hall–Kier alpha value is -0.450. The summed E-state index contributed by atoms with van der Waals surface area (Å²) in [4.78, 5) is 5.68. The molecular formula is C13H18N2OS. The van der Waals surface area contributed by atoms with Crippen LogP contribution < -0.4 is 5.32 Å². The van der Waals surface area contributed by atoms with Crippen molar-refractivity contribution in [3.05, 3.63) is 16.1 Å². The maximum atomic E-state index is 5.97. The highest BCUT2D eigenvalue weighted by atomic mass is 32.1. The predicted octanol–water partition coefficient (Wildman–Crippen LogP) is 1.96. The van der Waals surface area contributed by atoms with E-state index in [9.17, 15) is 0 Å². The molecule has 17 heavy (non-hydrogen) atoms. The minimum absolute atomic E-state index is 0.506. The minimum atomic E-state index is 0.506. The van der Waals surface area contributed by atoms with Crippen molar-refractivity contribution >= 4 is 11.3 Å². The second-order valence-electron chi connectivity index (χ2n) is 5.72. The zero-order valence-electron chi connectivity index (χ0n) is 10.1. The molecule has 0 radical (unpaired) electrons.